The van der Waals surface area contributed by atoms with Gasteiger partial charge in [-0.15, -0.1) is 0 Å². The first-order chi connectivity index (χ1) is 9.24. The Morgan fingerprint density at radius 3 is 3.00 bits per heavy atom. The zero-order chi connectivity index (χ0) is 12.9. The summed E-state index contributed by atoms with van der Waals surface area (Å²) in [5.74, 6) is 1.25. The number of ether oxygens (including phenoxy) is 1. The fourth-order valence-electron chi connectivity index (χ4n) is 3.31. The molecule has 0 aromatic carbocycles. The molecule has 1 aromatic rings. The smallest absolute Gasteiger partial charge is 0.246 e. The molecule has 2 atom stereocenters. The van der Waals surface area contributed by atoms with Crippen LogP contribution in [0.25, 0.3) is 0 Å². The number of morpholine rings is 1. The number of hydrogen-bond acceptors (Lipinski definition) is 6. The molecule has 0 radical (unpaired) electrons. The zero-order valence-corrected chi connectivity index (χ0v) is 11.0. The minimum absolute atomic E-state index is 0.0597. The van der Waals surface area contributed by atoms with Crippen molar-refractivity contribution in [2.75, 3.05) is 19.7 Å². The summed E-state index contributed by atoms with van der Waals surface area (Å²) in [5.41, 5.74) is 5.83. The van der Waals surface area contributed by atoms with Crippen molar-refractivity contribution in [2.24, 2.45) is 5.73 Å². The van der Waals surface area contributed by atoms with E-state index in [1.165, 1.54) is 12.8 Å². The Balaban J connectivity index is 1.50. The van der Waals surface area contributed by atoms with Gasteiger partial charge < -0.3 is 15.0 Å². The first kappa shape index (κ1) is 11.8. The van der Waals surface area contributed by atoms with E-state index in [4.69, 9.17) is 15.0 Å². The van der Waals surface area contributed by atoms with Gasteiger partial charge in [0, 0.05) is 12.6 Å². The van der Waals surface area contributed by atoms with Gasteiger partial charge in [-0.05, 0) is 38.6 Å². The first-order valence-corrected chi connectivity index (χ1v) is 7.23. The minimum atomic E-state index is -0.379. The Bertz CT molecular complexity index is 471. The molecule has 3 heterocycles. The SMILES string of the molecule is NC1(c2nc(C3CN4CCCC4CO3)no2)CCC1. The summed E-state index contributed by atoms with van der Waals surface area (Å²) < 4.78 is 11.2. The molecule has 1 aliphatic carbocycles. The molecule has 3 aliphatic rings. The van der Waals surface area contributed by atoms with Crippen molar-refractivity contribution >= 4 is 0 Å². The van der Waals surface area contributed by atoms with E-state index < -0.39 is 0 Å². The molecule has 0 spiro atoms. The molecule has 0 amide bonds. The van der Waals surface area contributed by atoms with Crippen LogP contribution in [0.5, 0.6) is 0 Å². The molecule has 3 fully saturated rings. The largest absolute Gasteiger partial charge is 0.367 e. The van der Waals surface area contributed by atoms with E-state index in [9.17, 15) is 0 Å². The van der Waals surface area contributed by atoms with Crippen LogP contribution in [0.4, 0.5) is 0 Å². The molecule has 2 aliphatic heterocycles. The van der Waals surface area contributed by atoms with Crippen molar-refractivity contribution in [3.8, 4) is 0 Å². The van der Waals surface area contributed by atoms with Gasteiger partial charge in [0.25, 0.3) is 0 Å². The molecule has 19 heavy (non-hydrogen) atoms. The van der Waals surface area contributed by atoms with Crippen LogP contribution in [0.3, 0.4) is 0 Å². The lowest BCUT2D eigenvalue weighted by molar-refractivity contribution is -0.0548. The van der Waals surface area contributed by atoms with Gasteiger partial charge in [0.05, 0.1) is 12.1 Å². The van der Waals surface area contributed by atoms with Gasteiger partial charge in [0.2, 0.25) is 11.7 Å². The molecule has 6 nitrogen and oxygen atoms in total. The standard InChI is InChI=1S/C13H20N4O2/c14-13(4-2-5-13)12-15-11(16-19-12)10-7-17-6-1-3-9(17)8-18-10/h9-10H,1-8,14H2. The number of fused-ring (bicyclic) bond motifs is 1. The van der Waals surface area contributed by atoms with Crippen molar-refractivity contribution in [1.82, 2.24) is 15.0 Å². The van der Waals surface area contributed by atoms with Crippen LogP contribution in [0.2, 0.25) is 0 Å². The molecule has 104 valence electrons. The van der Waals surface area contributed by atoms with Crippen molar-refractivity contribution in [3.05, 3.63) is 11.7 Å². The third kappa shape index (κ3) is 1.89. The average molecular weight is 264 g/mol. The van der Waals surface area contributed by atoms with Gasteiger partial charge in [0.1, 0.15) is 6.10 Å². The first-order valence-electron chi connectivity index (χ1n) is 7.23. The minimum Gasteiger partial charge on any atom is -0.367 e. The van der Waals surface area contributed by atoms with Gasteiger partial charge in [-0.2, -0.15) is 4.98 Å². The quantitative estimate of drug-likeness (QED) is 0.856. The summed E-state index contributed by atoms with van der Waals surface area (Å²) in [4.78, 5) is 6.97. The summed E-state index contributed by atoms with van der Waals surface area (Å²) in [6.45, 7) is 2.82. The van der Waals surface area contributed by atoms with Crippen molar-refractivity contribution < 1.29 is 9.26 Å². The number of aromatic nitrogens is 2. The number of nitrogens with two attached hydrogens (primary N) is 1. The lowest BCUT2D eigenvalue weighted by Gasteiger charge is -2.34. The molecule has 2 unspecified atom stereocenters. The summed E-state index contributed by atoms with van der Waals surface area (Å²) >= 11 is 0. The van der Waals surface area contributed by atoms with E-state index in [2.05, 4.69) is 15.0 Å². The fraction of sp³-hybridized carbons (Fsp3) is 0.846. The second kappa shape index (κ2) is 4.26. The van der Waals surface area contributed by atoms with E-state index in [0.717, 1.165) is 39.0 Å². The summed E-state index contributed by atoms with van der Waals surface area (Å²) in [6.07, 6.45) is 5.47. The van der Waals surface area contributed by atoms with Crippen LogP contribution in [-0.2, 0) is 10.3 Å². The summed E-state index contributed by atoms with van der Waals surface area (Å²) in [5, 5.41) is 4.08. The highest BCUT2D eigenvalue weighted by Crippen LogP contribution is 2.38. The van der Waals surface area contributed by atoms with Gasteiger partial charge in [-0.3, -0.25) is 4.90 Å². The average Bonchev–Trinajstić information content (AvgIpc) is 3.03. The van der Waals surface area contributed by atoms with Gasteiger partial charge >= 0.3 is 0 Å². The lowest BCUT2D eigenvalue weighted by Crippen LogP contribution is -2.44. The Kier molecular flexibility index (Phi) is 2.65. The fourth-order valence-corrected chi connectivity index (χ4v) is 3.31. The number of nitrogens with zero attached hydrogens (tertiary/aromatic N) is 3. The molecule has 2 N–H and O–H groups in total. The third-order valence-corrected chi connectivity index (χ3v) is 4.79. The highest BCUT2D eigenvalue weighted by molar-refractivity contribution is 5.08. The van der Waals surface area contributed by atoms with E-state index in [0.29, 0.717) is 17.8 Å². The zero-order valence-electron chi connectivity index (χ0n) is 11.0. The molecule has 1 saturated carbocycles. The number of rotatable bonds is 2. The molecule has 6 heteroatoms. The van der Waals surface area contributed by atoms with Gasteiger partial charge in [0.15, 0.2) is 0 Å². The maximum absolute atomic E-state index is 6.21. The predicted molar refractivity (Wildman–Crippen MR) is 67.3 cm³/mol. The van der Waals surface area contributed by atoms with Crippen LogP contribution < -0.4 is 5.73 Å². The molecule has 2 saturated heterocycles. The Morgan fingerprint density at radius 2 is 2.21 bits per heavy atom. The third-order valence-electron chi connectivity index (χ3n) is 4.79. The Hall–Kier alpha value is -0.980. The van der Waals surface area contributed by atoms with E-state index in [1.54, 1.807) is 0 Å². The highest BCUT2D eigenvalue weighted by atomic mass is 16.5. The molecular weight excluding hydrogens is 244 g/mol. The highest BCUT2D eigenvalue weighted by Gasteiger charge is 2.41. The van der Waals surface area contributed by atoms with Crippen LogP contribution in [0.1, 0.15) is 49.9 Å². The van der Waals surface area contributed by atoms with Crippen LogP contribution in [0.15, 0.2) is 4.52 Å². The summed E-state index contributed by atoms with van der Waals surface area (Å²) in [7, 11) is 0. The van der Waals surface area contributed by atoms with E-state index in [-0.39, 0.29) is 11.6 Å². The Morgan fingerprint density at radius 1 is 1.32 bits per heavy atom. The van der Waals surface area contributed by atoms with E-state index in [1.807, 2.05) is 0 Å². The Labute approximate surface area is 112 Å². The van der Waals surface area contributed by atoms with Crippen LogP contribution >= 0.6 is 0 Å². The maximum Gasteiger partial charge on any atom is 0.246 e. The summed E-state index contributed by atoms with van der Waals surface area (Å²) in [6, 6.07) is 0.593. The molecule has 4 rings (SSSR count). The predicted octanol–water partition coefficient (Wildman–Crippen LogP) is 0.943. The molecule has 0 bridgehead atoms. The van der Waals surface area contributed by atoms with Crippen LogP contribution in [-0.4, -0.2) is 40.8 Å². The second-order valence-corrected chi connectivity index (χ2v) is 6.08. The van der Waals surface area contributed by atoms with E-state index >= 15 is 0 Å². The van der Waals surface area contributed by atoms with Crippen molar-refractivity contribution in [3.63, 3.8) is 0 Å². The van der Waals surface area contributed by atoms with Gasteiger partial charge in [-0.25, -0.2) is 0 Å². The molecular formula is C13H20N4O2. The van der Waals surface area contributed by atoms with Gasteiger partial charge in [-0.1, -0.05) is 5.16 Å². The van der Waals surface area contributed by atoms with Crippen LogP contribution in [0, 0.1) is 0 Å². The number of hydrogen-bond donors (Lipinski definition) is 1. The normalized spacial score (nSPS) is 33.9. The topological polar surface area (TPSA) is 77.4 Å². The van der Waals surface area contributed by atoms with Crippen molar-refractivity contribution in [2.45, 2.75) is 49.8 Å². The lowest BCUT2D eigenvalue weighted by atomic mass is 9.78. The second-order valence-electron chi connectivity index (χ2n) is 6.08. The molecule has 1 aromatic heterocycles. The maximum atomic E-state index is 6.21. The monoisotopic (exact) mass is 264 g/mol. The van der Waals surface area contributed by atoms with Crippen molar-refractivity contribution in [1.29, 1.82) is 0 Å².